The molecule has 0 aromatic heterocycles. The summed E-state index contributed by atoms with van der Waals surface area (Å²) in [5, 5.41) is 3.35. The number of nitrogens with one attached hydrogen (secondary N) is 1. The Balaban J connectivity index is 1.81. The van der Waals surface area contributed by atoms with Crippen LogP contribution in [0.4, 0.5) is 0 Å². The third kappa shape index (κ3) is 2.76. The van der Waals surface area contributed by atoms with E-state index in [1.54, 1.807) is 0 Å². The lowest BCUT2D eigenvalue weighted by molar-refractivity contribution is -0.135. The number of carbonyl (C=O) groups is 1. The van der Waals surface area contributed by atoms with Crippen LogP contribution in [0.3, 0.4) is 0 Å². The van der Waals surface area contributed by atoms with E-state index in [1.165, 1.54) is 32.1 Å². The van der Waals surface area contributed by atoms with Crippen LogP contribution >= 0.6 is 0 Å². The Morgan fingerprint density at radius 1 is 1.25 bits per heavy atom. The summed E-state index contributed by atoms with van der Waals surface area (Å²) in [6.07, 6.45) is 7.14. The van der Waals surface area contributed by atoms with Crippen LogP contribution in [0, 0.1) is 5.92 Å². The highest BCUT2D eigenvalue weighted by atomic mass is 16.2. The summed E-state index contributed by atoms with van der Waals surface area (Å²) in [6.45, 7) is 5.23. The van der Waals surface area contributed by atoms with Crippen LogP contribution in [0.15, 0.2) is 0 Å². The van der Waals surface area contributed by atoms with Crippen molar-refractivity contribution in [3.63, 3.8) is 0 Å². The highest BCUT2D eigenvalue weighted by Crippen LogP contribution is 2.21. The van der Waals surface area contributed by atoms with Crippen LogP contribution in [0.2, 0.25) is 0 Å². The van der Waals surface area contributed by atoms with Crippen molar-refractivity contribution in [2.75, 3.05) is 19.6 Å². The van der Waals surface area contributed by atoms with Gasteiger partial charge in [-0.05, 0) is 38.1 Å². The zero-order valence-corrected chi connectivity index (χ0v) is 10.4. The Morgan fingerprint density at radius 2 is 2.00 bits per heavy atom. The molecular formula is C13H24N2O. The molecule has 16 heavy (non-hydrogen) atoms. The zero-order chi connectivity index (χ0) is 11.4. The first kappa shape index (κ1) is 11.9. The monoisotopic (exact) mass is 224 g/mol. The Labute approximate surface area is 98.6 Å². The highest BCUT2D eigenvalue weighted by Gasteiger charge is 2.28. The van der Waals surface area contributed by atoms with E-state index in [0.29, 0.717) is 5.91 Å². The highest BCUT2D eigenvalue weighted by molar-refractivity contribution is 5.82. The molecule has 0 bridgehead atoms. The summed E-state index contributed by atoms with van der Waals surface area (Å²) in [4.78, 5) is 14.3. The molecule has 3 nitrogen and oxygen atoms in total. The van der Waals surface area contributed by atoms with Crippen molar-refractivity contribution < 1.29 is 4.79 Å². The van der Waals surface area contributed by atoms with Gasteiger partial charge in [-0.3, -0.25) is 4.79 Å². The number of piperidine rings is 2. The average Bonchev–Trinajstić information content (AvgIpc) is 2.39. The van der Waals surface area contributed by atoms with Gasteiger partial charge >= 0.3 is 0 Å². The van der Waals surface area contributed by atoms with E-state index in [4.69, 9.17) is 0 Å². The number of nitrogens with zero attached hydrogens (tertiary/aromatic N) is 1. The van der Waals surface area contributed by atoms with E-state index in [1.807, 2.05) is 0 Å². The second-order valence-electron chi connectivity index (χ2n) is 5.18. The maximum Gasteiger partial charge on any atom is 0.239 e. The maximum absolute atomic E-state index is 12.2. The molecule has 0 aromatic rings. The van der Waals surface area contributed by atoms with E-state index in [2.05, 4.69) is 17.1 Å². The van der Waals surface area contributed by atoms with E-state index in [9.17, 15) is 4.79 Å². The minimum absolute atomic E-state index is 0.118. The zero-order valence-electron chi connectivity index (χ0n) is 10.4. The molecule has 92 valence electrons. The SMILES string of the molecule is CCC1CCN(C(=O)C2CCCCN2)CC1. The van der Waals surface area contributed by atoms with Crippen LogP contribution in [-0.4, -0.2) is 36.5 Å². The lowest BCUT2D eigenvalue weighted by atomic mass is 9.93. The van der Waals surface area contributed by atoms with E-state index in [0.717, 1.165) is 32.0 Å². The normalized spacial score (nSPS) is 28.1. The summed E-state index contributed by atoms with van der Waals surface area (Å²) in [6, 6.07) is 0.118. The van der Waals surface area contributed by atoms with Crippen LogP contribution in [0.1, 0.15) is 45.4 Å². The molecule has 0 aliphatic carbocycles. The van der Waals surface area contributed by atoms with Gasteiger partial charge in [0.05, 0.1) is 6.04 Å². The largest absolute Gasteiger partial charge is 0.341 e. The molecule has 1 N–H and O–H groups in total. The fourth-order valence-electron chi connectivity index (χ4n) is 2.84. The summed E-state index contributed by atoms with van der Waals surface area (Å²) >= 11 is 0. The van der Waals surface area contributed by atoms with Gasteiger partial charge in [0.1, 0.15) is 0 Å². The Hall–Kier alpha value is -0.570. The number of amides is 1. The molecule has 0 aromatic carbocycles. The molecule has 2 rings (SSSR count). The molecule has 1 amide bonds. The topological polar surface area (TPSA) is 32.3 Å². The van der Waals surface area contributed by atoms with Crippen LogP contribution in [0.25, 0.3) is 0 Å². The smallest absolute Gasteiger partial charge is 0.239 e. The summed E-state index contributed by atoms with van der Waals surface area (Å²) in [5.74, 6) is 1.21. The second-order valence-corrected chi connectivity index (χ2v) is 5.18. The molecule has 3 heteroatoms. The van der Waals surface area contributed by atoms with Crippen LogP contribution < -0.4 is 5.32 Å². The standard InChI is InChI=1S/C13H24N2O/c1-2-11-6-9-15(10-7-11)13(16)12-5-3-4-8-14-12/h11-12,14H,2-10H2,1H3. The van der Waals surface area contributed by atoms with Gasteiger partial charge in [-0.2, -0.15) is 0 Å². The molecule has 2 fully saturated rings. The van der Waals surface area contributed by atoms with E-state index >= 15 is 0 Å². The van der Waals surface area contributed by atoms with Gasteiger partial charge in [-0.15, -0.1) is 0 Å². The number of rotatable bonds is 2. The minimum Gasteiger partial charge on any atom is -0.341 e. The Kier molecular flexibility index (Phi) is 4.22. The van der Waals surface area contributed by atoms with Gasteiger partial charge in [0.25, 0.3) is 0 Å². The Morgan fingerprint density at radius 3 is 2.56 bits per heavy atom. The quantitative estimate of drug-likeness (QED) is 0.775. The first-order chi connectivity index (χ1) is 7.81. The van der Waals surface area contributed by atoms with Gasteiger partial charge in [0.2, 0.25) is 5.91 Å². The van der Waals surface area contributed by atoms with Crippen molar-refractivity contribution in [1.82, 2.24) is 10.2 Å². The van der Waals surface area contributed by atoms with Crippen molar-refractivity contribution in [3.05, 3.63) is 0 Å². The predicted octanol–water partition coefficient (Wildman–Crippen LogP) is 1.78. The van der Waals surface area contributed by atoms with Gasteiger partial charge < -0.3 is 10.2 Å². The Bertz CT molecular complexity index is 228. The predicted molar refractivity (Wildman–Crippen MR) is 65.2 cm³/mol. The third-order valence-electron chi connectivity index (χ3n) is 4.11. The lowest BCUT2D eigenvalue weighted by Gasteiger charge is -2.35. The first-order valence-corrected chi connectivity index (χ1v) is 6.83. The number of hydrogen-bond acceptors (Lipinski definition) is 2. The fraction of sp³-hybridized carbons (Fsp3) is 0.923. The fourth-order valence-corrected chi connectivity index (χ4v) is 2.84. The molecule has 0 saturated carbocycles. The third-order valence-corrected chi connectivity index (χ3v) is 4.11. The number of carbonyl (C=O) groups excluding carboxylic acids is 1. The molecule has 1 unspecified atom stereocenters. The second kappa shape index (κ2) is 5.67. The molecule has 2 aliphatic rings. The van der Waals surface area contributed by atoms with Crippen molar-refractivity contribution >= 4 is 5.91 Å². The summed E-state index contributed by atoms with van der Waals surface area (Å²) in [5.41, 5.74) is 0. The van der Waals surface area contributed by atoms with Gasteiger partial charge in [0.15, 0.2) is 0 Å². The molecule has 1 atom stereocenters. The van der Waals surface area contributed by atoms with Crippen molar-refractivity contribution in [3.8, 4) is 0 Å². The molecule has 0 radical (unpaired) electrons. The van der Waals surface area contributed by atoms with Crippen molar-refractivity contribution in [1.29, 1.82) is 0 Å². The maximum atomic E-state index is 12.2. The lowest BCUT2D eigenvalue weighted by Crippen LogP contribution is -2.50. The van der Waals surface area contributed by atoms with Gasteiger partial charge in [0, 0.05) is 13.1 Å². The molecule has 2 saturated heterocycles. The van der Waals surface area contributed by atoms with Crippen molar-refractivity contribution in [2.45, 2.75) is 51.5 Å². The molecule has 0 spiro atoms. The van der Waals surface area contributed by atoms with Gasteiger partial charge in [-0.1, -0.05) is 19.8 Å². The number of likely N-dealkylation sites (tertiary alicyclic amines) is 1. The first-order valence-electron chi connectivity index (χ1n) is 6.83. The van der Waals surface area contributed by atoms with E-state index < -0.39 is 0 Å². The number of hydrogen-bond donors (Lipinski definition) is 1. The van der Waals surface area contributed by atoms with Crippen molar-refractivity contribution in [2.24, 2.45) is 5.92 Å². The van der Waals surface area contributed by atoms with Crippen LogP contribution in [0.5, 0.6) is 0 Å². The molecule has 2 heterocycles. The van der Waals surface area contributed by atoms with E-state index in [-0.39, 0.29) is 6.04 Å². The summed E-state index contributed by atoms with van der Waals surface area (Å²) in [7, 11) is 0. The van der Waals surface area contributed by atoms with Gasteiger partial charge in [-0.25, -0.2) is 0 Å². The average molecular weight is 224 g/mol. The molecular weight excluding hydrogens is 200 g/mol. The molecule has 2 aliphatic heterocycles. The van der Waals surface area contributed by atoms with Crippen LogP contribution in [-0.2, 0) is 4.79 Å². The minimum atomic E-state index is 0.118. The summed E-state index contributed by atoms with van der Waals surface area (Å²) < 4.78 is 0.